The summed E-state index contributed by atoms with van der Waals surface area (Å²) in [4.78, 5) is 12.1. The van der Waals surface area contributed by atoms with E-state index in [0.717, 1.165) is 5.56 Å². The van der Waals surface area contributed by atoms with Gasteiger partial charge in [0, 0.05) is 4.90 Å². The van der Waals surface area contributed by atoms with Crippen molar-refractivity contribution in [3.8, 4) is 0 Å². The molecule has 0 aromatic heterocycles. The quantitative estimate of drug-likeness (QED) is 0.830. The van der Waals surface area contributed by atoms with E-state index in [0.29, 0.717) is 11.3 Å². The summed E-state index contributed by atoms with van der Waals surface area (Å²) >= 11 is 0. The van der Waals surface area contributed by atoms with E-state index >= 15 is 0 Å². The number of amides is 1. The summed E-state index contributed by atoms with van der Waals surface area (Å²) < 4.78 is 12.4. The van der Waals surface area contributed by atoms with E-state index in [1.165, 1.54) is 0 Å². The fourth-order valence-corrected chi connectivity index (χ4v) is 3.36. The number of aliphatic hydroxyl groups is 1. The van der Waals surface area contributed by atoms with Crippen LogP contribution in [0, 0.1) is 6.92 Å². The summed E-state index contributed by atoms with van der Waals surface area (Å²) in [5.41, 5.74) is 4.61. The highest BCUT2D eigenvalue weighted by molar-refractivity contribution is 7.85. The second kappa shape index (κ2) is 6.30. The zero-order valence-electron chi connectivity index (χ0n) is 11.6. The first-order chi connectivity index (χ1) is 8.82. The summed E-state index contributed by atoms with van der Waals surface area (Å²) in [6.45, 7) is 5.37. The molecule has 19 heavy (non-hydrogen) atoms. The van der Waals surface area contributed by atoms with Crippen molar-refractivity contribution in [1.29, 1.82) is 0 Å². The van der Waals surface area contributed by atoms with Gasteiger partial charge < -0.3 is 10.8 Å². The Labute approximate surface area is 116 Å². The van der Waals surface area contributed by atoms with E-state index < -0.39 is 27.6 Å². The van der Waals surface area contributed by atoms with Gasteiger partial charge in [-0.1, -0.05) is 31.0 Å². The van der Waals surface area contributed by atoms with Gasteiger partial charge in [-0.15, -0.1) is 0 Å². The molecule has 1 amide bonds. The maximum Gasteiger partial charge on any atom is 0.250 e. The van der Waals surface area contributed by atoms with Crippen LogP contribution in [-0.2, 0) is 15.6 Å². The van der Waals surface area contributed by atoms with E-state index in [1.807, 2.05) is 26.0 Å². The van der Waals surface area contributed by atoms with E-state index in [-0.39, 0.29) is 6.42 Å². The van der Waals surface area contributed by atoms with Gasteiger partial charge in [0.25, 0.3) is 5.91 Å². The third kappa shape index (κ3) is 3.42. The van der Waals surface area contributed by atoms with Crippen molar-refractivity contribution in [3.63, 3.8) is 0 Å². The predicted molar refractivity (Wildman–Crippen MR) is 76.1 cm³/mol. The number of primary amides is 1. The van der Waals surface area contributed by atoms with Crippen molar-refractivity contribution >= 4 is 16.7 Å². The molecule has 1 rings (SSSR count). The van der Waals surface area contributed by atoms with Crippen LogP contribution in [0.5, 0.6) is 0 Å². The molecule has 0 spiro atoms. The normalized spacial score (nSPS) is 17.5. The molecule has 1 aromatic rings. The van der Waals surface area contributed by atoms with Crippen LogP contribution < -0.4 is 5.73 Å². The second-order valence-corrected chi connectivity index (χ2v) is 6.56. The SMILES string of the molecule is CCC[C@](O)(C(N)=O)[C@H](C)S(=O)c1ccc(C)cc1. The van der Waals surface area contributed by atoms with Crippen LogP contribution in [-0.4, -0.2) is 26.1 Å². The Morgan fingerprint density at radius 3 is 2.37 bits per heavy atom. The van der Waals surface area contributed by atoms with E-state index in [2.05, 4.69) is 0 Å². The first kappa shape index (κ1) is 15.9. The summed E-state index contributed by atoms with van der Waals surface area (Å²) in [5.74, 6) is -0.817. The monoisotopic (exact) mass is 283 g/mol. The van der Waals surface area contributed by atoms with Gasteiger partial charge in [-0.05, 0) is 32.4 Å². The molecular formula is C14H21NO3S. The van der Waals surface area contributed by atoms with Crippen LogP contribution in [0.3, 0.4) is 0 Å². The van der Waals surface area contributed by atoms with Crippen molar-refractivity contribution in [2.75, 3.05) is 0 Å². The number of aryl methyl sites for hydroxylation is 1. The van der Waals surface area contributed by atoms with Gasteiger partial charge in [0.05, 0.1) is 16.0 Å². The Hall–Kier alpha value is -1.20. The second-order valence-electron chi connectivity index (χ2n) is 4.79. The third-order valence-corrected chi connectivity index (χ3v) is 5.07. The molecule has 5 heteroatoms. The predicted octanol–water partition coefficient (Wildman–Crippen LogP) is 1.51. The van der Waals surface area contributed by atoms with Crippen LogP contribution in [0.2, 0.25) is 0 Å². The minimum Gasteiger partial charge on any atom is -0.379 e. The van der Waals surface area contributed by atoms with Crippen LogP contribution in [0.25, 0.3) is 0 Å². The van der Waals surface area contributed by atoms with Gasteiger partial charge >= 0.3 is 0 Å². The van der Waals surface area contributed by atoms with Crippen LogP contribution in [0.15, 0.2) is 29.2 Å². The van der Waals surface area contributed by atoms with Crippen molar-refractivity contribution in [2.45, 2.75) is 49.4 Å². The lowest BCUT2D eigenvalue weighted by Gasteiger charge is -2.30. The zero-order valence-corrected chi connectivity index (χ0v) is 12.4. The number of hydrogen-bond donors (Lipinski definition) is 2. The van der Waals surface area contributed by atoms with E-state index in [1.54, 1.807) is 19.1 Å². The fraction of sp³-hybridized carbons (Fsp3) is 0.500. The van der Waals surface area contributed by atoms with Gasteiger partial charge in [-0.2, -0.15) is 0 Å². The third-order valence-electron chi connectivity index (χ3n) is 3.30. The molecule has 0 aliphatic rings. The lowest BCUT2D eigenvalue weighted by Crippen LogP contribution is -2.53. The molecule has 3 atom stereocenters. The zero-order chi connectivity index (χ0) is 14.6. The van der Waals surface area contributed by atoms with Gasteiger partial charge in [-0.3, -0.25) is 9.00 Å². The Bertz CT molecular complexity index is 472. The fourth-order valence-electron chi connectivity index (χ4n) is 1.96. The van der Waals surface area contributed by atoms with Crippen LogP contribution in [0.4, 0.5) is 0 Å². The topological polar surface area (TPSA) is 80.4 Å². The lowest BCUT2D eigenvalue weighted by atomic mass is 9.94. The highest BCUT2D eigenvalue weighted by Crippen LogP contribution is 2.25. The molecular weight excluding hydrogens is 262 g/mol. The summed E-state index contributed by atoms with van der Waals surface area (Å²) in [7, 11) is -1.48. The minimum absolute atomic E-state index is 0.209. The standard InChI is InChI=1S/C14H21NO3S/c1-4-9-14(17,13(15)16)11(3)19(18)12-7-5-10(2)6-8-12/h5-8,11,17H,4,9H2,1-3H3,(H2,15,16)/t11-,14+,19?/m0/s1. The lowest BCUT2D eigenvalue weighted by molar-refractivity contribution is -0.136. The van der Waals surface area contributed by atoms with Gasteiger partial charge in [0.1, 0.15) is 0 Å². The number of hydrogen-bond acceptors (Lipinski definition) is 3. The number of nitrogens with two attached hydrogens (primary N) is 1. The molecule has 1 aromatic carbocycles. The first-order valence-corrected chi connectivity index (χ1v) is 7.53. The maximum absolute atomic E-state index is 12.4. The molecule has 0 aliphatic heterocycles. The van der Waals surface area contributed by atoms with Crippen molar-refractivity contribution < 1.29 is 14.1 Å². The van der Waals surface area contributed by atoms with Gasteiger partial charge in [-0.25, -0.2) is 0 Å². The summed E-state index contributed by atoms with van der Waals surface area (Å²) in [5, 5.41) is 9.63. The van der Waals surface area contributed by atoms with Crippen molar-refractivity contribution in [1.82, 2.24) is 0 Å². The number of rotatable bonds is 6. The average molecular weight is 283 g/mol. The Morgan fingerprint density at radius 2 is 1.95 bits per heavy atom. The van der Waals surface area contributed by atoms with Gasteiger partial charge in [0.2, 0.25) is 0 Å². The largest absolute Gasteiger partial charge is 0.379 e. The highest BCUT2D eigenvalue weighted by Gasteiger charge is 2.42. The summed E-state index contributed by atoms with van der Waals surface area (Å²) in [6, 6.07) is 7.19. The Balaban J connectivity index is 3.03. The Morgan fingerprint density at radius 1 is 1.42 bits per heavy atom. The molecule has 4 nitrogen and oxygen atoms in total. The molecule has 1 unspecified atom stereocenters. The van der Waals surface area contributed by atoms with Crippen LogP contribution >= 0.6 is 0 Å². The molecule has 0 bridgehead atoms. The molecule has 0 saturated carbocycles. The molecule has 0 aliphatic carbocycles. The molecule has 0 fully saturated rings. The average Bonchev–Trinajstić information content (AvgIpc) is 2.37. The van der Waals surface area contributed by atoms with E-state index in [4.69, 9.17) is 5.73 Å². The molecule has 3 N–H and O–H groups in total. The molecule has 0 heterocycles. The van der Waals surface area contributed by atoms with E-state index in [9.17, 15) is 14.1 Å². The smallest absolute Gasteiger partial charge is 0.250 e. The number of benzene rings is 1. The first-order valence-electron chi connectivity index (χ1n) is 6.32. The molecule has 0 saturated heterocycles. The highest BCUT2D eigenvalue weighted by atomic mass is 32.2. The van der Waals surface area contributed by atoms with Crippen molar-refractivity contribution in [2.24, 2.45) is 5.73 Å². The molecule has 106 valence electrons. The minimum atomic E-state index is -1.73. The molecule has 0 radical (unpaired) electrons. The van der Waals surface area contributed by atoms with Gasteiger partial charge in [0.15, 0.2) is 5.60 Å². The maximum atomic E-state index is 12.4. The Kier molecular flexibility index (Phi) is 5.26. The van der Waals surface area contributed by atoms with Crippen molar-refractivity contribution in [3.05, 3.63) is 29.8 Å². The van der Waals surface area contributed by atoms with Crippen LogP contribution in [0.1, 0.15) is 32.3 Å². The number of carbonyl (C=O) groups excluding carboxylic acids is 1. The summed E-state index contributed by atoms with van der Waals surface area (Å²) in [6.07, 6.45) is 0.802. The number of carbonyl (C=O) groups is 1.